The van der Waals surface area contributed by atoms with Crippen LogP contribution in [-0.2, 0) is 37.4 Å². The summed E-state index contributed by atoms with van der Waals surface area (Å²) in [5, 5.41) is 2.94. The number of nitrogens with zero attached hydrogens (tertiary/aromatic N) is 1. The topological polar surface area (TPSA) is 41.6 Å². The van der Waals surface area contributed by atoms with Gasteiger partial charge in [-0.2, -0.15) is 6.42 Å². The number of hydrogen-bond donors (Lipinski definition) is 1. The number of para-hydroxylation sites is 1. The number of carbonyl (C=O) groups is 1. The SMILES string of the molecule is [CH2-]CCCCCCN1CCC(OC(=O)Nc2ccccc2-c2ccccc2)CC1.[Y]. The Balaban J connectivity index is 0.00000320. The minimum atomic E-state index is -0.361. The van der Waals surface area contributed by atoms with Gasteiger partial charge in [0, 0.05) is 51.4 Å². The Morgan fingerprint density at radius 1 is 0.967 bits per heavy atom. The van der Waals surface area contributed by atoms with E-state index in [0.29, 0.717) is 0 Å². The molecule has 1 aliphatic rings. The van der Waals surface area contributed by atoms with Crippen LogP contribution in [0.3, 0.4) is 0 Å². The minimum absolute atomic E-state index is 0. The fourth-order valence-corrected chi connectivity index (χ4v) is 3.87. The van der Waals surface area contributed by atoms with Crippen molar-refractivity contribution in [2.75, 3.05) is 25.0 Å². The Kier molecular flexibility index (Phi) is 11.6. The fourth-order valence-electron chi connectivity index (χ4n) is 3.87. The molecule has 4 nitrogen and oxygen atoms in total. The van der Waals surface area contributed by atoms with Crippen LogP contribution in [0.4, 0.5) is 10.5 Å². The van der Waals surface area contributed by atoms with Crippen molar-refractivity contribution in [1.82, 2.24) is 4.90 Å². The molecule has 1 saturated heterocycles. The average molecular weight is 482 g/mol. The molecule has 0 spiro atoms. The molecule has 2 aromatic rings. The molecule has 0 aromatic heterocycles. The zero-order valence-electron chi connectivity index (χ0n) is 17.9. The molecular formula is C25H33N2O2Y-. The van der Waals surface area contributed by atoms with Crippen LogP contribution in [0.2, 0.25) is 0 Å². The quantitative estimate of drug-likeness (QED) is 0.344. The number of ether oxygens (including phenoxy) is 1. The number of likely N-dealkylation sites (tertiary alicyclic amines) is 1. The van der Waals surface area contributed by atoms with Crippen LogP contribution in [0.25, 0.3) is 11.1 Å². The van der Waals surface area contributed by atoms with Crippen molar-refractivity contribution in [1.29, 1.82) is 0 Å². The van der Waals surface area contributed by atoms with Crippen molar-refractivity contribution >= 4 is 11.8 Å². The molecule has 1 amide bonds. The van der Waals surface area contributed by atoms with Gasteiger partial charge in [-0.3, -0.25) is 5.32 Å². The second-order valence-corrected chi connectivity index (χ2v) is 7.75. The van der Waals surface area contributed by atoms with E-state index >= 15 is 0 Å². The third-order valence-electron chi connectivity index (χ3n) is 5.53. The number of hydrogen-bond acceptors (Lipinski definition) is 3. The zero-order valence-corrected chi connectivity index (χ0v) is 20.7. The van der Waals surface area contributed by atoms with Gasteiger partial charge in [-0.1, -0.05) is 67.8 Å². The third kappa shape index (κ3) is 8.13. The van der Waals surface area contributed by atoms with Crippen LogP contribution in [0, 0.1) is 6.92 Å². The number of unbranched alkanes of at least 4 members (excludes halogenated alkanes) is 4. The molecule has 159 valence electrons. The molecule has 1 radical (unpaired) electrons. The molecule has 1 N–H and O–H groups in total. The molecule has 1 fully saturated rings. The Morgan fingerprint density at radius 2 is 1.63 bits per heavy atom. The summed E-state index contributed by atoms with van der Waals surface area (Å²) in [6.45, 7) is 7.06. The third-order valence-corrected chi connectivity index (χ3v) is 5.53. The summed E-state index contributed by atoms with van der Waals surface area (Å²) in [7, 11) is 0. The van der Waals surface area contributed by atoms with Crippen LogP contribution in [0.15, 0.2) is 54.6 Å². The first-order valence-electron chi connectivity index (χ1n) is 10.9. The summed E-state index contributed by atoms with van der Waals surface area (Å²) >= 11 is 0. The first-order valence-corrected chi connectivity index (χ1v) is 10.9. The maximum Gasteiger partial charge on any atom is 0.411 e. The molecule has 0 bridgehead atoms. The van der Waals surface area contributed by atoms with Crippen molar-refractivity contribution in [3.8, 4) is 11.1 Å². The van der Waals surface area contributed by atoms with Gasteiger partial charge in [0.25, 0.3) is 0 Å². The van der Waals surface area contributed by atoms with Crippen molar-refractivity contribution < 1.29 is 42.2 Å². The zero-order chi connectivity index (χ0) is 20.3. The molecule has 30 heavy (non-hydrogen) atoms. The van der Waals surface area contributed by atoms with Crippen molar-refractivity contribution in [3.05, 3.63) is 61.5 Å². The van der Waals surface area contributed by atoms with E-state index in [2.05, 4.69) is 17.1 Å². The van der Waals surface area contributed by atoms with Crippen LogP contribution in [-0.4, -0.2) is 36.7 Å². The molecule has 0 saturated carbocycles. The van der Waals surface area contributed by atoms with Crippen LogP contribution >= 0.6 is 0 Å². The van der Waals surface area contributed by atoms with E-state index in [1.807, 2.05) is 54.6 Å². The van der Waals surface area contributed by atoms with Crippen LogP contribution < -0.4 is 5.32 Å². The van der Waals surface area contributed by atoms with E-state index in [4.69, 9.17) is 4.74 Å². The fraction of sp³-hybridized carbons (Fsp3) is 0.440. The van der Waals surface area contributed by atoms with Gasteiger partial charge in [0.2, 0.25) is 0 Å². The summed E-state index contributed by atoms with van der Waals surface area (Å²) in [5.41, 5.74) is 2.86. The number of piperidine rings is 1. The van der Waals surface area contributed by atoms with E-state index in [-0.39, 0.29) is 44.9 Å². The Bertz CT molecular complexity index is 746. The molecule has 0 atom stereocenters. The first kappa shape index (κ1) is 25.0. The van der Waals surface area contributed by atoms with E-state index in [1.54, 1.807) is 0 Å². The summed E-state index contributed by atoms with van der Waals surface area (Å²) in [5.74, 6) is 0. The molecule has 0 aliphatic carbocycles. The van der Waals surface area contributed by atoms with E-state index in [9.17, 15) is 4.79 Å². The predicted molar refractivity (Wildman–Crippen MR) is 120 cm³/mol. The van der Waals surface area contributed by atoms with E-state index in [0.717, 1.165) is 55.7 Å². The van der Waals surface area contributed by atoms with Gasteiger partial charge in [-0.25, -0.2) is 4.79 Å². The largest absolute Gasteiger partial charge is 0.446 e. The number of rotatable bonds is 9. The Labute approximate surface area is 206 Å². The van der Waals surface area contributed by atoms with Crippen molar-refractivity contribution in [2.45, 2.75) is 51.0 Å². The van der Waals surface area contributed by atoms with E-state index in [1.165, 1.54) is 25.7 Å². The van der Waals surface area contributed by atoms with Gasteiger partial charge in [0.05, 0.1) is 5.69 Å². The number of benzene rings is 2. The molecule has 3 rings (SSSR count). The van der Waals surface area contributed by atoms with Gasteiger partial charge < -0.3 is 16.6 Å². The van der Waals surface area contributed by atoms with Crippen molar-refractivity contribution in [3.63, 3.8) is 0 Å². The molecule has 1 heterocycles. The second kappa shape index (κ2) is 14.0. The smallest absolute Gasteiger partial charge is 0.411 e. The van der Waals surface area contributed by atoms with Crippen molar-refractivity contribution in [2.24, 2.45) is 0 Å². The number of anilines is 1. The standard InChI is InChI=1S/C25H33N2O2.Y/c1-2-3-4-5-11-18-27-19-16-22(17-20-27)29-25(28)26-24-15-10-9-14-23(24)21-12-7-6-8-13-21;/h6-10,12-15,22H,1-5,11,16-20H2,(H,26,28);/q-1;. The molecule has 5 heteroatoms. The van der Waals surface area contributed by atoms with Gasteiger partial charge in [0.1, 0.15) is 6.10 Å². The summed E-state index contributed by atoms with van der Waals surface area (Å²) in [6.07, 6.45) is 7.56. The normalized spacial score (nSPS) is 14.7. The van der Waals surface area contributed by atoms with Crippen LogP contribution in [0.5, 0.6) is 0 Å². The molecule has 2 aromatic carbocycles. The summed E-state index contributed by atoms with van der Waals surface area (Å²) in [6, 6.07) is 17.9. The average Bonchev–Trinajstić information content (AvgIpc) is 2.76. The number of nitrogens with one attached hydrogen (secondary N) is 1. The number of carbonyl (C=O) groups excluding carboxylic acids is 1. The minimum Gasteiger partial charge on any atom is -0.446 e. The van der Waals surface area contributed by atoms with Crippen LogP contribution in [0.1, 0.15) is 44.9 Å². The predicted octanol–water partition coefficient (Wildman–Crippen LogP) is 6.15. The monoisotopic (exact) mass is 482 g/mol. The summed E-state index contributed by atoms with van der Waals surface area (Å²) < 4.78 is 5.71. The van der Waals surface area contributed by atoms with Gasteiger partial charge in [-0.15, -0.1) is 0 Å². The number of amides is 1. The van der Waals surface area contributed by atoms with E-state index < -0.39 is 0 Å². The van der Waals surface area contributed by atoms with Gasteiger partial charge >= 0.3 is 6.09 Å². The molecular weight excluding hydrogens is 449 g/mol. The second-order valence-electron chi connectivity index (χ2n) is 7.75. The summed E-state index contributed by atoms with van der Waals surface area (Å²) in [4.78, 5) is 15.0. The molecule has 0 unspecified atom stereocenters. The Hall–Kier alpha value is -1.23. The van der Waals surface area contributed by atoms with Gasteiger partial charge in [-0.05, 0) is 37.4 Å². The van der Waals surface area contributed by atoms with Gasteiger partial charge in [0.15, 0.2) is 0 Å². The first-order chi connectivity index (χ1) is 14.3. The Morgan fingerprint density at radius 3 is 2.37 bits per heavy atom. The molecule has 1 aliphatic heterocycles. The maximum absolute atomic E-state index is 12.5. The maximum atomic E-state index is 12.5.